The van der Waals surface area contributed by atoms with E-state index in [1.54, 1.807) is 6.92 Å². The third-order valence-electron chi connectivity index (χ3n) is 2.52. The van der Waals surface area contributed by atoms with E-state index in [1.807, 2.05) is 18.5 Å². The Bertz CT molecular complexity index is 285. The second-order valence-corrected chi connectivity index (χ2v) is 3.23. The van der Waals surface area contributed by atoms with E-state index in [9.17, 15) is 4.79 Å². The van der Waals surface area contributed by atoms with Gasteiger partial charge in [0, 0.05) is 12.4 Å². The summed E-state index contributed by atoms with van der Waals surface area (Å²) in [7, 11) is 0. The highest BCUT2D eigenvalue weighted by atomic mass is 16.5. The van der Waals surface area contributed by atoms with Crippen molar-refractivity contribution in [3.8, 4) is 0 Å². The molecule has 1 fully saturated rings. The number of aromatic nitrogens is 1. The van der Waals surface area contributed by atoms with Gasteiger partial charge in [-0.05, 0) is 18.6 Å². The van der Waals surface area contributed by atoms with Crippen molar-refractivity contribution in [2.45, 2.75) is 12.3 Å². The van der Waals surface area contributed by atoms with Gasteiger partial charge in [0.05, 0.1) is 13.2 Å². The summed E-state index contributed by atoms with van der Waals surface area (Å²) in [4.78, 5) is 14.3. The third kappa shape index (κ3) is 0.830. The first-order chi connectivity index (χ1) is 5.76. The number of ether oxygens (including phenoxy) is 1. The van der Waals surface area contributed by atoms with Crippen LogP contribution in [0.3, 0.4) is 0 Å². The van der Waals surface area contributed by atoms with Crippen LogP contribution >= 0.6 is 0 Å². The van der Waals surface area contributed by atoms with Crippen molar-refractivity contribution in [2.75, 3.05) is 13.2 Å². The summed E-state index contributed by atoms with van der Waals surface area (Å²) in [6.45, 7) is 2.68. The van der Waals surface area contributed by atoms with Gasteiger partial charge in [-0.2, -0.15) is 0 Å². The number of H-pyrrole nitrogens is 1. The Morgan fingerprint density at radius 1 is 1.67 bits per heavy atom. The number of carbonyl (C=O) groups is 1. The van der Waals surface area contributed by atoms with Gasteiger partial charge < -0.3 is 9.72 Å². The van der Waals surface area contributed by atoms with Gasteiger partial charge in [0.2, 0.25) is 0 Å². The number of Topliss-reactive ketones (excluding diaryl/α,β-unsaturated/α-hetero) is 1. The fraction of sp³-hybridized carbons (Fsp3) is 0.444. The van der Waals surface area contributed by atoms with Crippen molar-refractivity contribution < 1.29 is 9.53 Å². The minimum absolute atomic E-state index is 0.188. The Balaban J connectivity index is 2.35. The number of ketones is 1. The first kappa shape index (κ1) is 7.55. The number of hydrogen-bond acceptors (Lipinski definition) is 2. The van der Waals surface area contributed by atoms with Crippen LogP contribution in [0.5, 0.6) is 0 Å². The van der Waals surface area contributed by atoms with Gasteiger partial charge in [-0.25, -0.2) is 0 Å². The molecular weight excluding hydrogens is 154 g/mol. The molecule has 1 aromatic heterocycles. The molecule has 3 nitrogen and oxygen atoms in total. The summed E-state index contributed by atoms with van der Waals surface area (Å²) in [5.74, 6) is 0.188. The lowest BCUT2D eigenvalue weighted by Crippen LogP contribution is -2.51. The van der Waals surface area contributed by atoms with E-state index >= 15 is 0 Å². The van der Waals surface area contributed by atoms with Gasteiger partial charge in [-0.15, -0.1) is 0 Å². The molecule has 0 amide bonds. The molecular formula is C9H11NO2. The Kier molecular flexibility index (Phi) is 1.54. The molecule has 1 saturated heterocycles. The molecule has 1 aliphatic heterocycles. The van der Waals surface area contributed by atoms with Crippen LogP contribution in [0, 0.1) is 0 Å². The van der Waals surface area contributed by atoms with Crippen LogP contribution < -0.4 is 0 Å². The van der Waals surface area contributed by atoms with Crippen molar-refractivity contribution in [3.63, 3.8) is 0 Å². The standard InChI is InChI=1S/C9H11NO2/c1-7(11)9(5-12-6-9)8-2-3-10-4-8/h2-4,10H,5-6H2,1H3. The van der Waals surface area contributed by atoms with Crippen LogP contribution in [0.1, 0.15) is 12.5 Å². The molecule has 0 unspecified atom stereocenters. The van der Waals surface area contributed by atoms with E-state index in [2.05, 4.69) is 4.98 Å². The molecule has 0 radical (unpaired) electrons. The molecule has 12 heavy (non-hydrogen) atoms. The van der Waals surface area contributed by atoms with E-state index in [0.29, 0.717) is 13.2 Å². The molecule has 2 rings (SSSR count). The first-order valence-electron chi connectivity index (χ1n) is 3.98. The number of rotatable bonds is 2. The molecule has 1 aliphatic rings. The number of nitrogens with one attached hydrogen (secondary N) is 1. The molecule has 2 heterocycles. The zero-order valence-electron chi connectivity index (χ0n) is 6.96. The summed E-state index contributed by atoms with van der Waals surface area (Å²) >= 11 is 0. The van der Waals surface area contributed by atoms with Gasteiger partial charge in [-0.3, -0.25) is 4.79 Å². The highest BCUT2D eigenvalue weighted by Gasteiger charge is 2.45. The maximum Gasteiger partial charge on any atom is 0.145 e. The Morgan fingerprint density at radius 3 is 2.75 bits per heavy atom. The lowest BCUT2D eigenvalue weighted by atomic mass is 9.77. The minimum Gasteiger partial charge on any atom is -0.378 e. The monoisotopic (exact) mass is 165 g/mol. The van der Waals surface area contributed by atoms with E-state index in [1.165, 1.54) is 0 Å². The molecule has 3 heteroatoms. The smallest absolute Gasteiger partial charge is 0.145 e. The molecule has 1 N–H and O–H groups in total. The summed E-state index contributed by atoms with van der Waals surface area (Å²) in [6.07, 6.45) is 3.70. The van der Waals surface area contributed by atoms with E-state index in [4.69, 9.17) is 4.74 Å². The largest absolute Gasteiger partial charge is 0.378 e. The van der Waals surface area contributed by atoms with Gasteiger partial charge >= 0.3 is 0 Å². The average molecular weight is 165 g/mol. The number of aromatic amines is 1. The zero-order valence-corrected chi connectivity index (χ0v) is 6.96. The fourth-order valence-electron chi connectivity index (χ4n) is 1.50. The summed E-state index contributed by atoms with van der Waals surface area (Å²) in [6, 6.07) is 1.93. The summed E-state index contributed by atoms with van der Waals surface area (Å²) in [5.41, 5.74) is 0.696. The normalized spacial score (nSPS) is 20.1. The van der Waals surface area contributed by atoms with Crippen LogP contribution in [0.15, 0.2) is 18.5 Å². The van der Waals surface area contributed by atoms with Crippen molar-refractivity contribution in [1.29, 1.82) is 0 Å². The number of carbonyl (C=O) groups excluding carboxylic acids is 1. The summed E-state index contributed by atoms with van der Waals surface area (Å²) < 4.78 is 5.09. The predicted molar refractivity (Wildman–Crippen MR) is 44.0 cm³/mol. The predicted octanol–water partition coefficient (Wildman–Crippen LogP) is 0.872. The van der Waals surface area contributed by atoms with E-state index in [0.717, 1.165) is 5.56 Å². The minimum atomic E-state index is -0.347. The van der Waals surface area contributed by atoms with Gasteiger partial charge in [0.15, 0.2) is 0 Å². The Hall–Kier alpha value is -1.09. The van der Waals surface area contributed by atoms with Crippen LogP contribution in [0.2, 0.25) is 0 Å². The van der Waals surface area contributed by atoms with Crippen molar-refractivity contribution >= 4 is 5.78 Å². The lowest BCUT2D eigenvalue weighted by molar-refractivity contribution is -0.140. The van der Waals surface area contributed by atoms with Crippen molar-refractivity contribution in [3.05, 3.63) is 24.0 Å². The van der Waals surface area contributed by atoms with E-state index in [-0.39, 0.29) is 11.2 Å². The quantitative estimate of drug-likeness (QED) is 0.706. The maximum atomic E-state index is 11.4. The van der Waals surface area contributed by atoms with Gasteiger partial charge in [0.25, 0.3) is 0 Å². The topological polar surface area (TPSA) is 42.1 Å². The molecule has 0 atom stereocenters. The van der Waals surface area contributed by atoms with Gasteiger partial charge in [0.1, 0.15) is 11.2 Å². The lowest BCUT2D eigenvalue weighted by Gasteiger charge is -2.38. The van der Waals surface area contributed by atoms with E-state index < -0.39 is 0 Å². The zero-order chi connectivity index (χ0) is 8.60. The molecule has 0 spiro atoms. The highest BCUT2D eigenvalue weighted by molar-refractivity contribution is 5.89. The van der Waals surface area contributed by atoms with Crippen molar-refractivity contribution in [2.24, 2.45) is 0 Å². The molecule has 0 aromatic carbocycles. The Labute approximate surface area is 70.7 Å². The van der Waals surface area contributed by atoms with Gasteiger partial charge in [-0.1, -0.05) is 0 Å². The second kappa shape index (κ2) is 2.45. The molecule has 0 bridgehead atoms. The molecule has 1 aromatic rings. The highest BCUT2D eigenvalue weighted by Crippen LogP contribution is 2.32. The van der Waals surface area contributed by atoms with Crippen LogP contribution in [-0.4, -0.2) is 24.0 Å². The fourth-order valence-corrected chi connectivity index (χ4v) is 1.50. The third-order valence-corrected chi connectivity index (χ3v) is 2.52. The maximum absolute atomic E-state index is 11.4. The second-order valence-electron chi connectivity index (χ2n) is 3.23. The average Bonchev–Trinajstić information content (AvgIpc) is 2.35. The van der Waals surface area contributed by atoms with Crippen LogP contribution in [0.25, 0.3) is 0 Å². The molecule has 0 saturated carbocycles. The van der Waals surface area contributed by atoms with Crippen molar-refractivity contribution in [1.82, 2.24) is 4.98 Å². The SMILES string of the molecule is CC(=O)C1(c2cc[nH]c2)COC1. The first-order valence-corrected chi connectivity index (χ1v) is 3.98. The molecule has 64 valence electrons. The summed E-state index contributed by atoms with van der Waals surface area (Å²) in [5, 5.41) is 0. The number of hydrogen-bond donors (Lipinski definition) is 1. The Morgan fingerprint density at radius 2 is 2.42 bits per heavy atom. The van der Waals surface area contributed by atoms with Crippen LogP contribution in [0.4, 0.5) is 0 Å². The molecule has 0 aliphatic carbocycles. The van der Waals surface area contributed by atoms with Crippen LogP contribution in [-0.2, 0) is 14.9 Å².